The minimum Gasteiger partial charge on any atom is -0.496 e. The van der Waals surface area contributed by atoms with E-state index in [0.717, 1.165) is 27.4 Å². The molecule has 0 saturated carbocycles. The van der Waals surface area contributed by atoms with Crippen LogP contribution < -0.4 is 4.74 Å². The fourth-order valence-corrected chi connectivity index (χ4v) is 2.65. The lowest BCUT2D eigenvalue weighted by atomic mass is 10.1. The van der Waals surface area contributed by atoms with E-state index in [9.17, 15) is 0 Å². The highest BCUT2D eigenvalue weighted by Gasteiger charge is 2.17. The van der Waals surface area contributed by atoms with Crippen LogP contribution in [0.3, 0.4) is 0 Å². The number of methoxy groups -OCH3 is 1. The minimum atomic E-state index is 0.0860. The number of rotatable bonds is 4. The van der Waals surface area contributed by atoms with E-state index in [2.05, 4.69) is 20.9 Å². The normalized spacial score (nSPS) is 10.7. The molecule has 0 spiro atoms. The van der Waals surface area contributed by atoms with Gasteiger partial charge in [0.25, 0.3) is 0 Å². The average molecular weight is 311 g/mol. The quantitative estimate of drug-likeness (QED) is 0.943. The van der Waals surface area contributed by atoms with Gasteiger partial charge in [-0.3, -0.25) is 0 Å². The zero-order valence-corrected chi connectivity index (χ0v) is 11.9. The van der Waals surface area contributed by atoms with Crippen LogP contribution >= 0.6 is 15.9 Å². The number of hydrogen-bond donors (Lipinski definition) is 1. The van der Waals surface area contributed by atoms with Crippen LogP contribution in [0, 0.1) is 0 Å². The Labute approximate surface area is 114 Å². The second-order valence-corrected chi connectivity index (χ2v) is 4.65. The van der Waals surface area contributed by atoms with E-state index in [1.807, 2.05) is 35.9 Å². The highest BCUT2D eigenvalue weighted by atomic mass is 79.9. The Kier molecular flexibility index (Phi) is 4.04. The van der Waals surface area contributed by atoms with E-state index in [4.69, 9.17) is 9.84 Å². The maximum Gasteiger partial charge on any atom is 0.132 e. The van der Waals surface area contributed by atoms with E-state index in [1.165, 1.54) is 0 Å². The van der Waals surface area contributed by atoms with Gasteiger partial charge in [0.15, 0.2) is 0 Å². The zero-order chi connectivity index (χ0) is 13.1. The summed E-state index contributed by atoms with van der Waals surface area (Å²) in [6.45, 7) is 0.0860. The molecule has 2 rings (SSSR count). The number of hydrogen-bond acceptors (Lipinski definition) is 3. The second-order valence-electron chi connectivity index (χ2n) is 3.90. The van der Waals surface area contributed by atoms with Crippen LogP contribution in [0.25, 0.3) is 11.3 Å². The summed E-state index contributed by atoms with van der Waals surface area (Å²) in [6.07, 6.45) is 0.532. The number of imidazole rings is 1. The number of para-hydroxylation sites is 1. The lowest BCUT2D eigenvalue weighted by molar-refractivity contribution is 0.295. The summed E-state index contributed by atoms with van der Waals surface area (Å²) in [5.74, 6) is 1.64. The standard InChI is InChI=1S/C13H15BrN2O2/c1-16-11(7-8-17)15-13(14)12(16)9-5-3-4-6-10(9)18-2/h3-6,17H,7-8H2,1-2H3. The van der Waals surface area contributed by atoms with Crippen LogP contribution in [0.15, 0.2) is 28.9 Å². The van der Waals surface area contributed by atoms with Gasteiger partial charge < -0.3 is 14.4 Å². The summed E-state index contributed by atoms with van der Waals surface area (Å²) < 4.78 is 8.10. The third-order valence-electron chi connectivity index (χ3n) is 2.84. The number of aliphatic hydroxyl groups is 1. The molecule has 0 atom stereocenters. The number of ether oxygens (including phenoxy) is 1. The summed E-state index contributed by atoms with van der Waals surface area (Å²) in [5, 5.41) is 9.02. The first-order chi connectivity index (χ1) is 8.69. The minimum absolute atomic E-state index is 0.0860. The van der Waals surface area contributed by atoms with Gasteiger partial charge in [-0.1, -0.05) is 12.1 Å². The molecule has 0 radical (unpaired) electrons. The Morgan fingerprint density at radius 2 is 2.11 bits per heavy atom. The maximum atomic E-state index is 9.02. The lowest BCUT2D eigenvalue weighted by Gasteiger charge is -2.10. The summed E-state index contributed by atoms with van der Waals surface area (Å²) in [4.78, 5) is 4.42. The first-order valence-electron chi connectivity index (χ1n) is 5.64. The molecule has 1 aromatic heterocycles. The van der Waals surface area contributed by atoms with Crippen molar-refractivity contribution in [2.24, 2.45) is 7.05 Å². The summed E-state index contributed by atoms with van der Waals surface area (Å²) in [5.41, 5.74) is 1.93. The highest BCUT2D eigenvalue weighted by Crippen LogP contribution is 2.34. The van der Waals surface area contributed by atoms with Crippen molar-refractivity contribution in [3.63, 3.8) is 0 Å². The van der Waals surface area contributed by atoms with Crippen molar-refractivity contribution < 1.29 is 9.84 Å². The molecule has 0 aliphatic heterocycles. The smallest absolute Gasteiger partial charge is 0.132 e. The Bertz CT molecular complexity index is 552. The fraction of sp³-hybridized carbons (Fsp3) is 0.308. The number of nitrogens with zero attached hydrogens (tertiary/aromatic N) is 2. The Balaban J connectivity index is 2.57. The fourth-order valence-electron chi connectivity index (χ4n) is 1.96. The molecule has 1 N–H and O–H groups in total. The molecule has 1 heterocycles. The molecule has 0 amide bonds. The summed E-state index contributed by atoms with van der Waals surface area (Å²) >= 11 is 3.47. The number of aromatic nitrogens is 2. The molecule has 0 bridgehead atoms. The lowest BCUT2D eigenvalue weighted by Crippen LogP contribution is -2.02. The predicted octanol–water partition coefficient (Wildman–Crippen LogP) is 2.39. The van der Waals surface area contributed by atoms with Crippen molar-refractivity contribution >= 4 is 15.9 Å². The molecule has 1 aromatic carbocycles. The third-order valence-corrected chi connectivity index (χ3v) is 3.40. The molecule has 0 fully saturated rings. The van der Waals surface area contributed by atoms with Gasteiger partial charge in [-0.05, 0) is 28.1 Å². The molecule has 2 aromatic rings. The molecule has 96 valence electrons. The van der Waals surface area contributed by atoms with Gasteiger partial charge >= 0.3 is 0 Å². The van der Waals surface area contributed by atoms with Gasteiger partial charge in [0.05, 0.1) is 19.4 Å². The number of aliphatic hydroxyl groups excluding tert-OH is 1. The van der Waals surface area contributed by atoms with Crippen molar-refractivity contribution in [1.82, 2.24) is 9.55 Å². The van der Waals surface area contributed by atoms with Gasteiger partial charge in [0.1, 0.15) is 16.2 Å². The van der Waals surface area contributed by atoms with E-state index in [-0.39, 0.29) is 6.61 Å². The van der Waals surface area contributed by atoms with Crippen LogP contribution in [0.2, 0.25) is 0 Å². The van der Waals surface area contributed by atoms with Gasteiger partial charge in [0, 0.05) is 19.0 Å². The molecule has 4 nitrogen and oxygen atoms in total. The Morgan fingerprint density at radius 1 is 1.39 bits per heavy atom. The molecule has 0 saturated heterocycles. The molecule has 0 aliphatic rings. The van der Waals surface area contributed by atoms with E-state index < -0.39 is 0 Å². The predicted molar refractivity (Wildman–Crippen MR) is 73.7 cm³/mol. The molecular formula is C13H15BrN2O2. The second kappa shape index (κ2) is 5.54. The summed E-state index contributed by atoms with van der Waals surface area (Å²) in [7, 11) is 3.59. The van der Waals surface area contributed by atoms with Crippen LogP contribution in [0.1, 0.15) is 5.82 Å². The molecule has 0 aliphatic carbocycles. The highest BCUT2D eigenvalue weighted by molar-refractivity contribution is 9.10. The van der Waals surface area contributed by atoms with Gasteiger partial charge in [-0.15, -0.1) is 0 Å². The van der Waals surface area contributed by atoms with Crippen LogP contribution in [0.5, 0.6) is 5.75 Å². The SMILES string of the molecule is COc1ccccc1-c1c(Br)nc(CCO)n1C. The largest absolute Gasteiger partial charge is 0.496 e. The van der Waals surface area contributed by atoms with Gasteiger partial charge in [0.2, 0.25) is 0 Å². The Morgan fingerprint density at radius 3 is 2.78 bits per heavy atom. The molecule has 18 heavy (non-hydrogen) atoms. The van der Waals surface area contributed by atoms with E-state index in [0.29, 0.717) is 6.42 Å². The van der Waals surface area contributed by atoms with Crippen LogP contribution in [-0.2, 0) is 13.5 Å². The summed E-state index contributed by atoms with van der Waals surface area (Å²) in [6, 6.07) is 7.80. The van der Waals surface area contributed by atoms with E-state index >= 15 is 0 Å². The first kappa shape index (κ1) is 13.1. The Hall–Kier alpha value is -1.33. The number of halogens is 1. The van der Waals surface area contributed by atoms with Gasteiger partial charge in [-0.2, -0.15) is 0 Å². The third kappa shape index (κ3) is 2.28. The maximum absolute atomic E-state index is 9.02. The first-order valence-corrected chi connectivity index (χ1v) is 6.43. The zero-order valence-electron chi connectivity index (χ0n) is 10.4. The van der Waals surface area contributed by atoms with Crippen molar-refractivity contribution in [3.8, 4) is 17.0 Å². The molecular weight excluding hydrogens is 296 g/mol. The van der Waals surface area contributed by atoms with Crippen molar-refractivity contribution in [2.75, 3.05) is 13.7 Å². The monoisotopic (exact) mass is 310 g/mol. The van der Waals surface area contributed by atoms with Crippen molar-refractivity contribution in [3.05, 3.63) is 34.7 Å². The topological polar surface area (TPSA) is 47.3 Å². The van der Waals surface area contributed by atoms with Crippen molar-refractivity contribution in [2.45, 2.75) is 6.42 Å². The number of benzene rings is 1. The molecule has 5 heteroatoms. The van der Waals surface area contributed by atoms with Crippen LogP contribution in [-0.4, -0.2) is 28.4 Å². The van der Waals surface area contributed by atoms with Gasteiger partial charge in [-0.25, -0.2) is 4.98 Å². The average Bonchev–Trinajstić information content (AvgIpc) is 2.65. The van der Waals surface area contributed by atoms with Crippen LogP contribution in [0.4, 0.5) is 0 Å². The molecule has 0 unspecified atom stereocenters. The van der Waals surface area contributed by atoms with E-state index in [1.54, 1.807) is 7.11 Å². The van der Waals surface area contributed by atoms with Crippen molar-refractivity contribution in [1.29, 1.82) is 0 Å².